The molecule has 0 aromatic heterocycles. The fourth-order valence-corrected chi connectivity index (χ4v) is 6.49. The molecule has 3 unspecified atom stereocenters. The fraction of sp³-hybridized carbons (Fsp3) is 0.750. The molecule has 1 nitrogen and oxygen atoms in total. The van der Waals surface area contributed by atoms with Gasteiger partial charge in [0.2, 0.25) is 0 Å². The molecular formula is C20H28O. The van der Waals surface area contributed by atoms with Gasteiger partial charge in [0, 0.05) is 11.8 Å². The van der Waals surface area contributed by atoms with Crippen LogP contribution in [-0.4, -0.2) is 5.78 Å². The van der Waals surface area contributed by atoms with E-state index in [9.17, 15) is 4.79 Å². The predicted octanol–water partition coefficient (Wildman–Crippen LogP) is 5.07. The number of carbonyl (C=O) groups is 1. The van der Waals surface area contributed by atoms with Crippen molar-refractivity contribution in [3.63, 3.8) is 0 Å². The number of Topliss-reactive ketones (excluding diaryl/α,β-unsaturated/α-hetero) is 1. The van der Waals surface area contributed by atoms with E-state index >= 15 is 0 Å². The van der Waals surface area contributed by atoms with Crippen LogP contribution in [0.5, 0.6) is 0 Å². The molecule has 5 atom stereocenters. The lowest BCUT2D eigenvalue weighted by Crippen LogP contribution is -2.48. The lowest BCUT2D eigenvalue weighted by Gasteiger charge is -2.54. The third kappa shape index (κ3) is 1.79. The first-order valence-corrected chi connectivity index (χ1v) is 9.07. The van der Waals surface area contributed by atoms with Crippen LogP contribution in [0.1, 0.15) is 64.7 Å². The van der Waals surface area contributed by atoms with Gasteiger partial charge in [0.1, 0.15) is 5.78 Å². The highest BCUT2D eigenvalue weighted by Gasteiger charge is 2.58. The molecule has 0 saturated heterocycles. The fourth-order valence-electron chi connectivity index (χ4n) is 6.49. The summed E-state index contributed by atoms with van der Waals surface area (Å²) < 4.78 is 0. The van der Waals surface area contributed by atoms with Gasteiger partial charge in [-0.25, -0.2) is 0 Å². The van der Waals surface area contributed by atoms with E-state index in [2.05, 4.69) is 19.6 Å². The van der Waals surface area contributed by atoms with Crippen molar-refractivity contribution >= 4 is 5.78 Å². The monoisotopic (exact) mass is 284 g/mol. The number of allylic oxidation sites excluding steroid dienone is 3. The summed E-state index contributed by atoms with van der Waals surface area (Å²) >= 11 is 0. The number of hydrogen-bond donors (Lipinski definition) is 0. The average Bonchev–Trinajstić information content (AvgIpc) is 2.84. The Morgan fingerprint density at radius 1 is 1.29 bits per heavy atom. The zero-order chi connectivity index (χ0) is 14.6. The van der Waals surface area contributed by atoms with Gasteiger partial charge in [-0.3, -0.25) is 4.79 Å². The Balaban J connectivity index is 1.72. The van der Waals surface area contributed by atoms with Crippen LogP contribution in [0.2, 0.25) is 0 Å². The van der Waals surface area contributed by atoms with E-state index < -0.39 is 0 Å². The van der Waals surface area contributed by atoms with Crippen LogP contribution < -0.4 is 0 Å². The van der Waals surface area contributed by atoms with Crippen molar-refractivity contribution in [3.8, 4) is 0 Å². The van der Waals surface area contributed by atoms with E-state index in [0.717, 1.165) is 37.5 Å². The van der Waals surface area contributed by atoms with Crippen molar-refractivity contribution in [2.24, 2.45) is 29.1 Å². The lowest BCUT2D eigenvalue weighted by atomic mass is 9.50. The normalized spacial score (nSPS) is 45.7. The maximum Gasteiger partial charge on any atom is 0.139 e. The van der Waals surface area contributed by atoms with Gasteiger partial charge in [-0.15, -0.1) is 0 Å². The second kappa shape index (κ2) is 4.83. The molecule has 0 radical (unpaired) electrons. The van der Waals surface area contributed by atoms with Crippen molar-refractivity contribution in [3.05, 3.63) is 23.8 Å². The van der Waals surface area contributed by atoms with E-state index in [4.69, 9.17) is 0 Å². The Labute approximate surface area is 128 Å². The first-order valence-electron chi connectivity index (χ1n) is 9.07. The molecule has 1 heteroatoms. The molecule has 0 bridgehead atoms. The van der Waals surface area contributed by atoms with Crippen molar-refractivity contribution in [1.82, 2.24) is 0 Å². The molecule has 114 valence electrons. The number of rotatable bonds is 1. The molecular weight excluding hydrogens is 256 g/mol. The van der Waals surface area contributed by atoms with Crippen LogP contribution in [0.3, 0.4) is 0 Å². The molecule has 0 N–H and O–H groups in total. The van der Waals surface area contributed by atoms with Gasteiger partial charge in [-0.2, -0.15) is 0 Å². The van der Waals surface area contributed by atoms with Crippen LogP contribution in [0.15, 0.2) is 23.8 Å². The highest BCUT2D eigenvalue weighted by atomic mass is 16.1. The summed E-state index contributed by atoms with van der Waals surface area (Å²) in [5.41, 5.74) is 3.14. The minimum Gasteiger partial charge on any atom is -0.299 e. The maximum atomic E-state index is 12.6. The summed E-state index contributed by atoms with van der Waals surface area (Å²) in [6.07, 6.45) is 13.2. The molecule has 0 aromatic rings. The van der Waals surface area contributed by atoms with E-state index in [1.807, 2.05) is 0 Å². The largest absolute Gasteiger partial charge is 0.299 e. The lowest BCUT2D eigenvalue weighted by molar-refractivity contribution is -0.130. The van der Waals surface area contributed by atoms with Gasteiger partial charge in [-0.05, 0) is 75.0 Å². The van der Waals surface area contributed by atoms with Crippen LogP contribution in [-0.2, 0) is 4.79 Å². The van der Waals surface area contributed by atoms with Gasteiger partial charge >= 0.3 is 0 Å². The van der Waals surface area contributed by atoms with E-state index in [1.54, 1.807) is 5.57 Å². The van der Waals surface area contributed by atoms with E-state index in [1.165, 1.54) is 37.7 Å². The number of carbonyl (C=O) groups excluding carboxylic acids is 1. The van der Waals surface area contributed by atoms with Crippen LogP contribution in [0, 0.1) is 29.1 Å². The van der Waals surface area contributed by atoms with Crippen LogP contribution >= 0.6 is 0 Å². The standard InChI is InChI=1S/C20H28O/c1-3-20-12-13(2)19-15-7-5-4-6-14(15)8-9-16(19)17(20)10-11-18(20)21/h6,15-17,19H,2-5,7-12H2,1H3/t15?,16?,17-,19+,20?/m0/s1. The maximum absolute atomic E-state index is 12.6. The molecule has 3 saturated carbocycles. The molecule has 21 heavy (non-hydrogen) atoms. The predicted molar refractivity (Wildman–Crippen MR) is 85.9 cm³/mol. The van der Waals surface area contributed by atoms with Crippen LogP contribution in [0.4, 0.5) is 0 Å². The van der Waals surface area contributed by atoms with Crippen molar-refractivity contribution in [2.75, 3.05) is 0 Å². The van der Waals surface area contributed by atoms with Gasteiger partial charge < -0.3 is 0 Å². The molecule has 3 fully saturated rings. The van der Waals surface area contributed by atoms with E-state index in [-0.39, 0.29) is 5.41 Å². The van der Waals surface area contributed by atoms with Crippen molar-refractivity contribution in [1.29, 1.82) is 0 Å². The third-order valence-electron chi connectivity index (χ3n) is 7.37. The molecule has 4 rings (SSSR count). The minimum absolute atomic E-state index is 0.0197. The summed E-state index contributed by atoms with van der Waals surface area (Å²) in [4.78, 5) is 12.6. The Morgan fingerprint density at radius 3 is 2.95 bits per heavy atom. The number of hydrogen-bond acceptors (Lipinski definition) is 1. The van der Waals surface area contributed by atoms with Gasteiger partial charge in [0.05, 0.1) is 0 Å². The summed E-state index contributed by atoms with van der Waals surface area (Å²) in [5, 5.41) is 0. The second-order valence-electron chi connectivity index (χ2n) is 7.96. The molecule has 0 aliphatic heterocycles. The number of fused-ring (bicyclic) bond motifs is 5. The Kier molecular flexibility index (Phi) is 3.17. The smallest absolute Gasteiger partial charge is 0.139 e. The quantitative estimate of drug-likeness (QED) is 0.614. The molecule has 0 aromatic carbocycles. The zero-order valence-corrected chi connectivity index (χ0v) is 13.4. The van der Waals surface area contributed by atoms with Gasteiger partial charge in [-0.1, -0.05) is 30.7 Å². The van der Waals surface area contributed by atoms with Crippen molar-refractivity contribution < 1.29 is 4.79 Å². The third-order valence-corrected chi connectivity index (χ3v) is 7.37. The number of ketones is 1. The van der Waals surface area contributed by atoms with Gasteiger partial charge in [0.15, 0.2) is 0 Å². The van der Waals surface area contributed by atoms with E-state index in [0.29, 0.717) is 17.6 Å². The molecule has 4 aliphatic rings. The zero-order valence-electron chi connectivity index (χ0n) is 13.4. The van der Waals surface area contributed by atoms with Crippen LogP contribution in [0.25, 0.3) is 0 Å². The summed E-state index contributed by atoms with van der Waals surface area (Å²) in [6.45, 7) is 6.73. The van der Waals surface area contributed by atoms with Gasteiger partial charge in [0.25, 0.3) is 0 Å². The second-order valence-corrected chi connectivity index (χ2v) is 7.96. The highest BCUT2D eigenvalue weighted by Crippen LogP contribution is 2.63. The average molecular weight is 284 g/mol. The Bertz CT molecular complexity index is 514. The first-order chi connectivity index (χ1) is 10.2. The topological polar surface area (TPSA) is 17.1 Å². The Morgan fingerprint density at radius 2 is 2.14 bits per heavy atom. The Hall–Kier alpha value is -0.850. The molecule has 0 amide bonds. The minimum atomic E-state index is -0.0197. The SMILES string of the molecule is C=C1CC2(CC)C(=O)CC[C@H]2C2CCC3=CCCCC3[C@@H]12. The summed E-state index contributed by atoms with van der Waals surface area (Å²) in [5.74, 6) is 3.43. The summed E-state index contributed by atoms with van der Waals surface area (Å²) in [6, 6.07) is 0. The highest BCUT2D eigenvalue weighted by molar-refractivity contribution is 5.88. The molecule has 4 aliphatic carbocycles. The van der Waals surface area contributed by atoms with Crippen molar-refractivity contribution in [2.45, 2.75) is 64.7 Å². The summed E-state index contributed by atoms with van der Waals surface area (Å²) in [7, 11) is 0. The first kappa shape index (κ1) is 13.8. The molecule has 0 spiro atoms. The molecule has 0 heterocycles.